The minimum absolute atomic E-state index is 0.0545. The molecule has 0 amide bonds. The molecule has 0 aliphatic carbocycles. The quantitative estimate of drug-likeness (QED) is 0.747. The maximum atomic E-state index is 5.58. The number of pyridine rings is 1. The lowest BCUT2D eigenvalue weighted by molar-refractivity contribution is 0.0562. The average molecular weight is 180 g/mol. The summed E-state index contributed by atoms with van der Waals surface area (Å²) in [6.07, 6.45) is 2.71. The van der Waals surface area contributed by atoms with Crippen LogP contribution in [0.1, 0.15) is 25.1 Å². The van der Waals surface area contributed by atoms with Crippen LogP contribution in [0, 0.1) is 0 Å². The summed E-state index contributed by atoms with van der Waals surface area (Å²) in [5.41, 5.74) is 6.50. The third kappa shape index (κ3) is 3.13. The van der Waals surface area contributed by atoms with Crippen LogP contribution in [0.5, 0.6) is 0 Å². The molecular weight excluding hydrogens is 164 g/mol. The van der Waals surface area contributed by atoms with E-state index >= 15 is 0 Å². The second-order valence-corrected chi connectivity index (χ2v) is 2.85. The Kier molecular flexibility index (Phi) is 4.43. The Balaban J connectivity index is 2.56. The highest BCUT2D eigenvalue weighted by molar-refractivity contribution is 5.07. The number of rotatable bonds is 5. The smallest absolute Gasteiger partial charge is 0.112 e. The van der Waals surface area contributed by atoms with Gasteiger partial charge in [-0.05, 0) is 18.6 Å². The third-order valence-corrected chi connectivity index (χ3v) is 1.75. The third-order valence-electron chi connectivity index (χ3n) is 1.75. The number of aromatic nitrogens is 1. The van der Waals surface area contributed by atoms with Gasteiger partial charge in [0.05, 0.1) is 5.69 Å². The Hall–Kier alpha value is -0.930. The predicted molar refractivity (Wildman–Crippen MR) is 52.3 cm³/mol. The molecule has 3 nitrogen and oxygen atoms in total. The van der Waals surface area contributed by atoms with Crippen LogP contribution in [0.15, 0.2) is 24.4 Å². The van der Waals surface area contributed by atoms with Crippen LogP contribution in [0.3, 0.4) is 0 Å². The fraction of sp³-hybridized carbons (Fsp3) is 0.500. The summed E-state index contributed by atoms with van der Waals surface area (Å²) in [6, 6.07) is 5.77. The van der Waals surface area contributed by atoms with Crippen molar-refractivity contribution in [3.05, 3.63) is 30.1 Å². The van der Waals surface area contributed by atoms with E-state index in [1.807, 2.05) is 18.2 Å². The lowest BCUT2D eigenvalue weighted by Gasteiger charge is -2.14. The molecule has 1 atom stereocenters. The van der Waals surface area contributed by atoms with Crippen molar-refractivity contribution in [2.45, 2.75) is 19.4 Å². The first kappa shape index (κ1) is 10.2. The largest absolute Gasteiger partial charge is 0.371 e. The first-order valence-electron chi connectivity index (χ1n) is 4.61. The van der Waals surface area contributed by atoms with Gasteiger partial charge in [0, 0.05) is 19.3 Å². The monoisotopic (exact) mass is 180 g/mol. The van der Waals surface area contributed by atoms with E-state index in [1.165, 1.54) is 0 Å². The highest BCUT2D eigenvalue weighted by Gasteiger charge is 2.09. The molecule has 1 rings (SSSR count). The van der Waals surface area contributed by atoms with Gasteiger partial charge in [-0.25, -0.2) is 0 Å². The van der Waals surface area contributed by atoms with Gasteiger partial charge in [0.15, 0.2) is 0 Å². The lowest BCUT2D eigenvalue weighted by Crippen LogP contribution is -2.17. The molecule has 0 spiro atoms. The van der Waals surface area contributed by atoms with Gasteiger partial charge in [0.1, 0.15) is 6.10 Å². The van der Waals surface area contributed by atoms with E-state index in [-0.39, 0.29) is 6.10 Å². The number of hydrogen-bond acceptors (Lipinski definition) is 3. The molecule has 1 heterocycles. The van der Waals surface area contributed by atoms with E-state index in [2.05, 4.69) is 11.9 Å². The molecular formula is C10H16N2O. The van der Waals surface area contributed by atoms with Gasteiger partial charge in [-0.2, -0.15) is 0 Å². The standard InChI is InChI=1S/C10H16N2O/c1-2-7-13-10(8-11)9-5-3-4-6-12-9/h3-6,10H,2,7-8,11H2,1H3. The summed E-state index contributed by atoms with van der Waals surface area (Å²) in [6.45, 7) is 3.29. The maximum absolute atomic E-state index is 5.58. The van der Waals surface area contributed by atoms with E-state index in [9.17, 15) is 0 Å². The molecule has 0 aromatic carbocycles. The van der Waals surface area contributed by atoms with E-state index in [0.29, 0.717) is 6.54 Å². The predicted octanol–water partition coefficient (Wildman–Crippen LogP) is 1.51. The van der Waals surface area contributed by atoms with E-state index in [4.69, 9.17) is 10.5 Å². The molecule has 0 saturated carbocycles. The van der Waals surface area contributed by atoms with Crippen molar-refractivity contribution in [1.29, 1.82) is 0 Å². The number of hydrogen-bond donors (Lipinski definition) is 1. The Labute approximate surface area is 78.9 Å². The van der Waals surface area contributed by atoms with Gasteiger partial charge in [0.25, 0.3) is 0 Å². The maximum Gasteiger partial charge on any atom is 0.112 e. The Bertz CT molecular complexity index is 226. The fourth-order valence-corrected chi connectivity index (χ4v) is 1.10. The summed E-state index contributed by atoms with van der Waals surface area (Å²) in [4.78, 5) is 4.20. The second-order valence-electron chi connectivity index (χ2n) is 2.85. The molecule has 72 valence electrons. The van der Waals surface area contributed by atoms with Crippen LogP contribution in [-0.4, -0.2) is 18.1 Å². The van der Waals surface area contributed by atoms with Gasteiger partial charge in [-0.1, -0.05) is 13.0 Å². The zero-order valence-corrected chi connectivity index (χ0v) is 7.94. The SMILES string of the molecule is CCCOC(CN)c1ccccn1. The van der Waals surface area contributed by atoms with Crippen LogP contribution >= 0.6 is 0 Å². The summed E-state index contributed by atoms with van der Waals surface area (Å²) in [5, 5.41) is 0. The Morgan fingerprint density at radius 2 is 2.38 bits per heavy atom. The van der Waals surface area contributed by atoms with Crippen LogP contribution in [0.25, 0.3) is 0 Å². The average Bonchev–Trinajstić information content (AvgIpc) is 2.21. The summed E-state index contributed by atoms with van der Waals surface area (Å²) in [5.74, 6) is 0. The zero-order chi connectivity index (χ0) is 9.52. The molecule has 0 aliphatic rings. The highest BCUT2D eigenvalue weighted by atomic mass is 16.5. The van der Waals surface area contributed by atoms with Crippen LogP contribution in [-0.2, 0) is 4.74 Å². The summed E-state index contributed by atoms with van der Waals surface area (Å²) >= 11 is 0. The van der Waals surface area contributed by atoms with E-state index in [1.54, 1.807) is 6.20 Å². The van der Waals surface area contributed by atoms with Crippen molar-refractivity contribution in [2.24, 2.45) is 5.73 Å². The Morgan fingerprint density at radius 1 is 1.54 bits per heavy atom. The van der Waals surface area contributed by atoms with Crippen molar-refractivity contribution in [2.75, 3.05) is 13.2 Å². The van der Waals surface area contributed by atoms with Crippen molar-refractivity contribution < 1.29 is 4.74 Å². The number of nitrogens with two attached hydrogens (primary N) is 1. The van der Waals surface area contributed by atoms with E-state index in [0.717, 1.165) is 18.7 Å². The number of nitrogens with zero attached hydrogens (tertiary/aromatic N) is 1. The molecule has 2 N–H and O–H groups in total. The summed E-state index contributed by atoms with van der Waals surface area (Å²) in [7, 11) is 0. The van der Waals surface area contributed by atoms with E-state index < -0.39 is 0 Å². The van der Waals surface area contributed by atoms with Crippen LogP contribution < -0.4 is 5.73 Å². The molecule has 0 bridgehead atoms. The van der Waals surface area contributed by atoms with Gasteiger partial charge in [-0.15, -0.1) is 0 Å². The normalized spacial score (nSPS) is 12.8. The topological polar surface area (TPSA) is 48.1 Å². The Morgan fingerprint density at radius 3 is 2.92 bits per heavy atom. The molecule has 3 heteroatoms. The van der Waals surface area contributed by atoms with Gasteiger partial charge < -0.3 is 10.5 Å². The lowest BCUT2D eigenvalue weighted by atomic mass is 10.2. The van der Waals surface area contributed by atoms with Gasteiger partial charge in [0.2, 0.25) is 0 Å². The van der Waals surface area contributed by atoms with Crippen molar-refractivity contribution in [1.82, 2.24) is 4.98 Å². The first-order chi connectivity index (χ1) is 6.38. The minimum atomic E-state index is -0.0545. The molecule has 1 aromatic heterocycles. The number of ether oxygens (including phenoxy) is 1. The van der Waals surface area contributed by atoms with Gasteiger partial charge >= 0.3 is 0 Å². The molecule has 0 aliphatic heterocycles. The zero-order valence-electron chi connectivity index (χ0n) is 7.94. The van der Waals surface area contributed by atoms with Crippen molar-refractivity contribution in [3.8, 4) is 0 Å². The first-order valence-corrected chi connectivity index (χ1v) is 4.61. The highest BCUT2D eigenvalue weighted by Crippen LogP contribution is 2.12. The molecule has 13 heavy (non-hydrogen) atoms. The van der Waals surface area contributed by atoms with Crippen molar-refractivity contribution in [3.63, 3.8) is 0 Å². The van der Waals surface area contributed by atoms with Crippen LogP contribution in [0.2, 0.25) is 0 Å². The minimum Gasteiger partial charge on any atom is -0.371 e. The van der Waals surface area contributed by atoms with Crippen LogP contribution in [0.4, 0.5) is 0 Å². The molecule has 1 aromatic rings. The second kappa shape index (κ2) is 5.67. The van der Waals surface area contributed by atoms with Crippen molar-refractivity contribution >= 4 is 0 Å². The molecule has 0 saturated heterocycles. The molecule has 1 unspecified atom stereocenters. The molecule has 0 radical (unpaired) electrons. The fourth-order valence-electron chi connectivity index (χ4n) is 1.10. The van der Waals surface area contributed by atoms with Gasteiger partial charge in [-0.3, -0.25) is 4.98 Å². The summed E-state index contributed by atoms with van der Waals surface area (Å²) < 4.78 is 5.54. The molecule has 0 fully saturated rings.